The van der Waals surface area contributed by atoms with Crippen LogP contribution in [0, 0.1) is 5.82 Å². The van der Waals surface area contributed by atoms with Crippen molar-refractivity contribution in [3.63, 3.8) is 0 Å². The Hall–Kier alpha value is -2.40. The summed E-state index contributed by atoms with van der Waals surface area (Å²) in [5, 5.41) is 10.1. The Bertz CT molecular complexity index is 810. The third-order valence-corrected chi connectivity index (χ3v) is 4.30. The van der Waals surface area contributed by atoms with Crippen LogP contribution in [0.15, 0.2) is 48.5 Å². The van der Waals surface area contributed by atoms with Crippen molar-refractivity contribution in [3.8, 4) is 5.75 Å². The molecule has 0 unspecified atom stereocenters. The first-order valence-corrected chi connectivity index (χ1v) is 7.09. The molecule has 2 aromatic carbocycles. The van der Waals surface area contributed by atoms with Gasteiger partial charge in [-0.2, -0.15) is 0 Å². The molecule has 1 heterocycles. The highest BCUT2D eigenvalue weighted by Gasteiger charge is 2.18. The Labute approximate surface area is 124 Å². The molecule has 0 bridgehead atoms. The van der Waals surface area contributed by atoms with Gasteiger partial charge in [0.25, 0.3) is 0 Å². The highest BCUT2D eigenvalue weighted by Crippen LogP contribution is 2.32. The third kappa shape index (κ3) is 2.60. The molecule has 0 aliphatic rings. The standard InChI is InChI=1S/C16H11FO3S/c17-12-6-2-3-7-13(12)20-9-11-10-5-1-4-8-14(10)21-15(11)16(18)19/h1-8H,9H2,(H,18,19). The van der Waals surface area contributed by atoms with Gasteiger partial charge in [-0.1, -0.05) is 30.3 Å². The van der Waals surface area contributed by atoms with Crippen molar-refractivity contribution >= 4 is 27.4 Å². The van der Waals surface area contributed by atoms with E-state index >= 15 is 0 Å². The number of fused-ring (bicyclic) bond motifs is 1. The number of para-hydroxylation sites is 1. The number of carbonyl (C=O) groups is 1. The first kappa shape index (κ1) is 13.6. The number of aromatic carboxylic acids is 1. The molecule has 0 aliphatic heterocycles. The Morgan fingerprint density at radius 1 is 1.14 bits per heavy atom. The van der Waals surface area contributed by atoms with E-state index in [9.17, 15) is 14.3 Å². The molecule has 0 aliphatic carbocycles. The first-order valence-electron chi connectivity index (χ1n) is 6.28. The van der Waals surface area contributed by atoms with Gasteiger partial charge in [0.2, 0.25) is 0 Å². The quantitative estimate of drug-likeness (QED) is 0.781. The first-order chi connectivity index (χ1) is 10.2. The summed E-state index contributed by atoms with van der Waals surface area (Å²) in [5.41, 5.74) is 0.575. The van der Waals surface area contributed by atoms with Crippen LogP contribution in [-0.4, -0.2) is 11.1 Å². The molecule has 0 atom stereocenters. The predicted octanol–water partition coefficient (Wildman–Crippen LogP) is 4.32. The number of benzene rings is 2. The molecule has 0 spiro atoms. The van der Waals surface area contributed by atoms with Crippen LogP contribution in [0.2, 0.25) is 0 Å². The number of halogens is 1. The van der Waals surface area contributed by atoms with Gasteiger partial charge in [-0.25, -0.2) is 9.18 Å². The number of carboxylic acid groups (broad SMARTS) is 1. The van der Waals surface area contributed by atoms with Crippen LogP contribution in [0.1, 0.15) is 15.2 Å². The van der Waals surface area contributed by atoms with Crippen LogP contribution >= 0.6 is 11.3 Å². The maximum absolute atomic E-state index is 13.6. The Kier molecular flexibility index (Phi) is 3.58. The maximum Gasteiger partial charge on any atom is 0.346 e. The van der Waals surface area contributed by atoms with E-state index in [1.54, 1.807) is 12.1 Å². The minimum atomic E-state index is -0.997. The summed E-state index contributed by atoms with van der Waals surface area (Å²) in [6, 6.07) is 13.5. The van der Waals surface area contributed by atoms with Crippen LogP contribution < -0.4 is 4.74 Å². The normalized spacial score (nSPS) is 10.7. The lowest BCUT2D eigenvalue weighted by Crippen LogP contribution is -2.03. The highest BCUT2D eigenvalue weighted by molar-refractivity contribution is 7.21. The van der Waals surface area contributed by atoms with Crippen LogP contribution in [0.25, 0.3) is 10.1 Å². The Morgan fingerprint density at radius 3 is 2.62 bits per heavy atom. The minimum Gasteiger partial charge on any atom is -0.486 e. The fraction of sp³-hybridized carbons (Fsp3) is 0.0625. The molecule has 0 fully saturated rings. The van der Waals surface area contributed by atoms with E-state index in [2.05, 4.69) is 0 Å². The van der Waals surface area contributed by atoms with Gasteiger partial charge in [0.1, 0.15) is 11.5 Å². The number of carboxylic acids is 1. The summed E-state index contributed by atoms with van der Waals surface area (Å²) < 4.78 is 19.9. The molecule has 5 heteroatoms. The van der Waals surface area contributed by atoms with Crippen molar-refractivity contribution in [2.45, 2.75) is 6.61 Å². The highest BCUT2D eigenvalue weighted by atomic mass is 32.1. The Balaban J connectivity index is 1.98. The van der Waals surface area contributed by atoms with Crippen LogP contribution in [0.4, 0.5) is 4.39 Å². The molecule has 3 aromatic rings. The van der Waals surface area contributed by atoms with Crippen LogP contribution in [0.3, 0.4) is 0 Å². The number of ether oxygens (including phenoxy) is 1. The molecule has 3 nitrogen and oxygen atoms in total. The zero-order valence-electron chi connectivity index (χ0n) is 10.9. The van der Waals surface area contributed by atoms with Gasteiger partial charge in [0.15, 0.2) is 11.6 Å². The SMILES string of the molecule is O=C(O)c1sc2ccccc2c1COc1ccccc1F. The van der Waals surface area contributed by atoms with Crippen molar-refractivity contribution < 1.29 is 19.0 Å². The number of hydrogen-bond acceptors (Lipinski definition) is 3. The smallest absolute Gasteiger partial charge is 0.346 e. The summed E-state index contributed by atoms with van der Waals surface area (Å²) in [6.45, 7) is 0.0204. The summed E-state index contributed by atoms with van der Waals surface area (Å²) in [5.74, 6) is -1.35. The molecule has 0 saturated carbocycles. The molecular formula is C16H11FO3S. The lowest BCUT2D eigenvalue weighted by Gasteiger charge is -2.07. The van der Waals surface area contributed by atoms with Gasteiger partial charge in [-0.05, 0) is 23.6 Å². The average molecular weight is 302 g/mol. The predicted molar refractivity (Wildman–Crippen MR) is 79.5 cm³/mol. The second kappa shape index (κ2) is 5.54. The van der Waals surface area contributed by atoms with Gasteiger partial charge in [0.05, 0.1) is 0 Å². The van der Waals surface area contributed by atoms with E-state index in [-0.39, 0.29) is 17.2 Å². The van der Waals surface area contributed by atoms with Crippen molar-refractivity contribution in [2.75, 3.05) is 0 Å². The molecule has 21 heavy (non-hydrogen) atoms. The van der Waals surface area contributed by atoms with Gasteiger partial charge < -0.3 is 9.84 Å². The second-order valence-electron chi connectivity index (χ2n) is 4.43. The third-order valence-electron chi connectivity index (χ3n) is 3.10. The molecule has 3 rings (SSSR count). The largest absolute Gasteiger partial charge is 0.486 e. The fourth-order valence-corrected chi connectivity index (χ4v) is 3.17. The van der Waals surface area contributed by atoms with E-state index < -0.39 is 11.8 Å². The van der Waals surface area contributed by atoms with Crippen molar-refractivity contribution in [2.24, 2.45) is 0 Å². The summed E-state index contributed by atoms with van der Waals surface area (Å²) in [7, 11) is 0. The van der Waals surface area contributed by atoms with Crippen LogP contribution in [-0.2, 0) is 6.61 Å². The molecule has 0 saturated heterocycles. The lowest BCUT2D eigenvalue weighted by molar-refractivity contribution is 0.0699. The molecule has 0 radical (unpaired) electrons. The van der Waals surface area contributed by atoms with E-state index in [4.69, 9.17) is 4.74 Å². The van der Waals surface area contributed by atoms with E-state index in [1.807, 2.05) is 24.3 Å². The van der Waals surface area contributed by atoms with Gasteiger partial charge in [-0.15, -0.1) is 11.3 Å². The molecular weight excluding hydrogens is 291 g/mol. The van der Waals surface area contributed by atoms with Gasteiger partial charge >= 0.3 is 5.97 Å². The lowest BCUT2D eigenvalue weighted by atomic mass is 10.1. The van der Waals surface area contributed by atoms with Crippen LogP contribution in [0.5, 0.6) is 5.75 Å². The molecule has 106 valence electrons. The summed E-state index contributed by atoms with van der Waals surface area (Å²) in [6.07, 6.45) is 0. The van der Waals surface area contributed by atoms with Gasteiger partial charge in [-0.3, -0.25) is 0 Å². The molecule has 1 N–H and O–H groups in total. The second-order valence-corrected chi connectivity index (χ2v) is 5.48. The summed E-state index contributed by atoms with van der Waals surface area (Å²) >= 11 is 1.20. The average Bonchev–Trinajstić information content (AvgIpc) is 2.85. The minimum absolute atomic E-state index is 0.0204. The van der Waals surface area contributed by atoms with Crippen molar-refractivity contribution in [3.05, 3.63) is 64.8 Å². The van der Waals surface area contributed by atoms with Gasteiger partial charge in [0, 0.05) is 10.3 Å². The van der Waals surface area contributed by atoms with E-state index in [0.29, 0.717) is 5.56 Å². The van der Waals surface area contributed by atoms with E-state index in [0.717, 1.165) is 10.1 Å². The maximum atomic E-state index is 13.6. The molecule has 1 aromatic heterocycles. The number of rotatable bonds is 4. The topological polar surface area (TPSA) is 46.5 Å². The fourth-order valence-electron chi connectivity index (χ4n) is 2.13. The van der Waals surface area contributed by atoms with E-state index in [1.165, 1.54) is 23.5 Å². The Morgan fingerprint density at radius 2 is 1.86 bits per heavy atom. The number of thiophene rings is 1. The van der Waals surface area contributed by atoms with Crippen molar-refractivity contribution in [1.29, 1.82) is 0 Å². The van der Waals surface area contributed by atoms with Crippen molar-refractivity contribution in [1.82, 2.24) is 0 Å². The number of hydrogen-bond donors (Lipinski definition) is 1. The zero-order valence-corrected chi connectivity index (χ0v) is 11.7. The zero-order chi connectivity index (χ0) is 14.8. The summed E-state index contributed by atoms with van der Waals surface area (Å²) in [4.78, 5) is 11.6. The monoisotopic (exact) mass is 302 g/mol. The molecule has 0 amide bonds.